The molecule has 0 radical (unpaired) electrons. The third-order valence-electron chi connectivity index (χ3n) is 4.29. The van der Waals surface area contributed by atoms with Gasteiger partial charge in [0.2, 0.25) is 5.89 Å². The van der Waals surface area contributed by atoms with Crippen LogP contribution in [0, 0.1) is 0 Å². The van der Waals surface area contributed by atoms with E-state index in [9.17, 15) is 0 Å². The number of nitrogens with zero attached hydrogens (tertiary/aromatic N) is 2. The number of rotatable bonds is 2. The lowest BCUT2D eigenvalue weighted by Crippen LogP contribution is -2.48. The minimum Gasteiger partial charge on any atom is -0.447 e. The zero-order chi connectivity index (χ0) is 13.5. The molecule has 1 aromatic rings. The highest BCUT2D eigenvalue weighted by Crippen LogP contribution is 2.34. The van der Waals surface area contributed by atoms with Crippen LogP contribution >= 0.6 is 0 Å². The summed E-state index contributed by atoms with van der Waals surface area (Å²) in [5.74, 6) is 0.830. The second-order valence-corrected chi connectivity index (χ2v) is 6.73. The van der Waals surface area contributed by atoms with Crippen LogP contribution in [0.15, 0.2) is 10.7 Å². The Labute approximate surface area is 115 Å². The molecular weight excluding hydrogens is 240 g/mol. The average Bonchev–Trinajstić information content (AvgIpc) is 2.76. The van der Waals surface area contributed by atoms with Crippen molar-refractivity contribution in [1.29, 1.82) is 0 Å². The van der Waals surface area contributed by atoms with Crippen LogP contribution in [0.2, 0.25) is 0 Å². The van der Waals surface area contributed by atoms with Crippen LogP contribution in [-0.2, 0) is 10.2 Å². The van der Waals surface area contributed by atoms with E-state index in [1.54, 1.807) is 0 Å². The molecule has 2 fully saturated rings. The maximum absolute atomic E-state index is 5.75. The normalized spacial score (nSPS) is 26.4. The van der Waals surface area contributed by atoms with E-state index in [4.69, 9.17) is 14.1 Å². The van der Waals surface area contributed by atoms with Crippen molar-refractivity contribution in [2.24, 2.45) is 0 Å². The summed E-state index contributed by atoms with van der Waals surface area (Å²) in [4.78, 5) is 7.24. The van der Waals surface area contributed by atoms with Crippen molar-refractivity contribution in [3.63, 3.8) is 0 Å². The Bertz CT molecular complexity index is 432. The van der Waals surface area contributed by atoms with Crippen molar-refractivity contribution in [2.45, 2.75) is 57.5 Å². The summed E-state index contributed by atoms with van der Waals surface area (Å²) in [5, 5.41) is 0. The van der Waals surface area contributed by atoms with Gasteiger partial charge in [-0.2, -0.15) is 0 Å². The smallest absolute Gasteiger partial charge is 0.214 e. The summed E-state index contributed by atoms with van der Waals surface area (Å²) >= 11 is 0. The molecule has 4 heteroatoms. The molecule has 19 heavy (non-hydrogen) atoms. The summed E-state index contributed by atoms with van der Waals surface area (Å²) in [6.07, 6.45) is 5.78. The molecule has 0 spiro atoms. The molecule has 1 atom stereocenters. The SMILES string of the molecule is CC(C)(C)c1coc([C@@H]2COCCN2C2CCC2)n1. The first-order valence-corrected chi connectivity index (χ1v) is 7.35. The van der Waals surface area contributed by atoms with Crippen LogP contribution in [0.1, 0.15) is 57.7 Å². The van der Waals surface area contributed by atoms with Crippen molar-refractivity contribution in [1.82, 2.24) is 9.88 Å². The van der Waals surface area contributed by atoms with Crippen molar-refractivity contribution in [3.8, 4) is 0 Å². The number of aromatic nitrogens is 1. The van der Waals surface area contributed by atoms with Gasteiger partial charge in [0, 0.05) is 18.0 Å². The average molecular weight is 264 g/mol. The first-order valence-electron chi connectivity index (χ1n) is 7.35. The Morgan fingerprint density at radius 2 is 2.11 bits per heavy atom. The van der Waals surface area contributed by atoms with E-state index in [1.165, 1.54) is 19.3 Å². The largest absolute Gasteiger partial charge is 0.447 e. The molecule has 0 N–H and O–H groups in total. The van der Waals surface area contributed by atoms with Gasteiger partial charge in [-0.25, -0.2) is 4.98 Å². The lowest BCUT2D eigenvalue weighted by Gasteiger charge is -2.43. The number of ether oxygens (including phenoxy) is 1. The second-order valence-electron chi connectivity index (χ2n) is 6.73. The lowest BCUT2D eigenvalue weighted by atomic mass is 9.90. The fraction of sp³-hybridized carbons (Fsp3) is 0.800. The molecular formula is C15H24N2O2. The fourth-order valence-electron chi connectivity index (χ4n) is 2.77. The number of hydrogen-bond acceptors (Lipinski definition) is 4. The summed E-state index contributed by atoms with van der Waals surface area (Å²) in [6, 6.07) is 0.911. The van der Waals surface area contributed by atoms with E-state index >= 15 is 0 Å². The Kier molecular flexibility index (Phi) is 3.39. The third kappa shape index (κ3) is 2.56. The first-order chi connectivity index (χ1) is 9.05. The van der Waals surface area contributed by atoms with E-state index in [0.717, 1.165) is 24.7 Å². The van der Waals surface area contributed by atoms with Crippen molar-refractivity contribution < 1.29 is 9.15 Å². The molecule has 1 aromatic heterocycles. The maximum atomic E-state index is 5.75. The predicted molar refractivity (Wildman–Crippen MR) is 73.1 cm³/mol. The molecule has 1 saturated heterocycles. The van der Waals surface area contributed by atoms with Gasteiger partial charge in [-0.15, -0.1) is 0 Å². The maximum Gasteiger partial charge on any atom is 0.214 e. The molecule has 3 rings (SSSR count). The van der Waals surface area contributed by atoms with Gasteiger partial charge in [-0.05, 0) is 12.8 Å². The Hall–Kier alpha value is -0.870. The highest BCUT2D eigenvalue weighted by molar-refractivity contribution is 5.10. The number of hydrogen-bond donors (Lipinski definition) is 0. The van der Waals surface area contributed by atoms with Crippen molar-refractivity contribution in [3.05, 3.63) is 17.8 Å². The molecule has 1 aliphatic carbocycles. The van der Waals surface area contributed by atoms with Crippen molar-refractivity contribution in [2.75, 3.05) is 19.8 Å². The minimum absolute atomic E-state index is 0.0403. The number of oxazole rings is 1. The fourth-order valence-corrected chi connectivity index (χ4v) is 2.77. The van der Waals surface area contributed by atoms with Gasteiger partial charge in [-0.3, -0.25) is 4.90 Å². The van der Waals surface area contributed by atoms with Crippen LogP contribution in [0.3, 0.4) is 0 Å². The Morgan fingerprint density at radius 3 is 2.68 bits per heavy atom. The van der Waals surface area contributed by atoms with E-state index in [1.807, 2.05) is 6.26 Å². The zero-order valence-electron chi connectivity index (χ0n) is 12.2. The molecule has 2 aliphatic rings. The van der Waals surface area contributed by atoms with E-state index in [0.29, 0.717) is 12.6 Å². The summed E-state index contributed by atoms with van der Waals surface area (Å²) < 4.78 is 11.4. The molecule has 0 amide bonds. The Morgan fingerprint density at radius 1 is 1.32 bits per heavy atom. The molecule has 106 valence electrons. The van der Waals surface area contributed by atoms with Crippen LogP contribution in [0.5, 0.6) is 0 Å². The topological polar surface area (TPSA) is 38.5 Å². The third-order valence-corrected chi connectivity index (χ3v) is 4.29. The van der Waals surface area contributed by atoms with Gasteiger partial charge in [0.25, 0.3) is 0 Å². The van der Waals surface area contributed by atoms with Crippen LogP contribution in [0.4, 0.5) is 0 Å². The van der Waals surface area contributed by atoms with Crippen molar-refractivity contribution >= 4 is 0 Å². The molecule has 4 nitrogen and oxygen atoms in total. The van der Waals surface area contributed by atoms with Gasteiger partial charge in [-0.1, -0.05) is 27.2 Å². The Balaban J connectivity index is 1.80. The van der Waals surface area contributed by atoms with Gasteiger partial charge in [0.1, 0.15) is 12.3 Å². The van der Waals surface area contributed by atoms with Gasteiger partial charge >= 0.3 is 0 Å². The lowest BCUT2D eigenvalue weighted by molar-refractivity contribution is -0.0552. The van der Waals surface area contributed by atoms with Crippen LogP contribution < -0.4 is 0 Å². The quantitative estimate of drug-likeness (QED) is 0.823. The molecule has 0 aromatic carbocycles. The summed E-state index contributed by atoms with van der Waals surface area (Å²) in [5.41, 5.74) is 1.07. The molecule has 1 saturated carbocycles. The molecule has 0 bridgehead atoms. The van der Waals surface area contributed by atoms with Crippen LogP contribution in [0.25, 0.3) is 0 Å². The van der Waals surface area contributed by atoms with E-state index in [-0.39, 0.29) is 11.5 Å². The summed E-state index contributed by atoms with van der Waals surface area (Å²) in [6.45, 7) is 9.03. The highest BCUT2D eigenvalue weighted by atomic mass is 16.5. The molecule has 1 aliphatic heterocycles. The van der Waals surface area contributed by atoms with Gasteiger partial charge in [0.15, 0.2) is 0 Å². The van der Waals surface area contributed by atoms with E-state index in [2.05, 4.69) is 25.7 Å². The van der Waals surface area contributed by atoms with Gasteiger partial charge in [0.05, 0.1) is 18.9 Å². The number of morpholine rings is 1. The van der Waals surface area contributed by atoms with Gasteiger partial charge < -0.3 is 9.15 Å². The standard InChI is InChI=1S/C15H24N2O2/c1-15(2,3)13-10-19-14(16-13)12-9-18-8-7-17(12)11-5-4-6-11/h10-12H,4-9H2,1-3H3/t12-/m0/s1. The highest BCUT2D eigenvalue weighted by Gasteiger charge is 2.36. The molecule has 2 heterocycles. The first kappa shape index (κ1) is 13.1. The van der Waals surface area contributed by atoms with E-state index < -0.39 is 0 Å². The summed E-state index contributed by atoms with van der Waals surface area (Å²) in [7, 11) is 0. The molecule has 0 unspecified atom stereocenters. The minimum atomic E-state index is 0.0403. The second kappa shape index (κ2) is 4.91. The van der Waals surface area contributed by atoms with Crippen LogP contribution in [-0.4, -0.2) is 35.7 Å². The monoisotopic (exact) mass is 264 g/mol. The zero-order valence-corrected chi connectivity index (χ0v) is 12.2. The predicted octanol–water partition coefficient (Wildman–Crippen LogP) is 2.90.